The van der Waals surface area contributed by atoms with Gasteiger partial charge in [0, 0.05) is 24.2 Å². The molecule has 0 unspecified atom stereocenters. The van der Waals surface area contributed by atoms with Crippen molar-refractivity contribution in [2.24, 2.45) is 0 Å². The first kappa shape index (κ1) is 10.6. The van der Waals surface area contributed by atoms with Gasteiger partial charge in [-0.1, -0.05) is 0 Å². The lowest BCUT2D eigenvalue weighted by Gasteiger charge is -2.00. The van der Waals surface area contributed by atoms with E-state index < -0.39 is 0 Å². The van der Waals surface area contributed by atoms with E-state index in [-0.39, 0.29) is 0 Å². The van der Waals surface area contributed by atoms with Crippen LogP contribution in [0.3, 0.4) is 0 Å². The summed E-state index contributed by atoms with van der Waals surface area (Å²) in [6.45, 7) is 4.18. The molecular formula is C9H16N2OS. The minimum absolute atomic E-state index is 0.293. The Kier molecular flexibility index (Phi) is 4.97. The summed E-state index contributed by atoms with van der Waals surface area (Å²) in [5.41, 5.74) is 0. The molecule has 0 saturated heterocycles. The second-order valence-corrected chi connectivity index (χ2v) is 4.27. The fourth-order valence-electron chi connectivity index (χ4n) is 1.06. The van der Waals surface area contributed by atoms with Gasteiger partial charge in [-0.15, -0.1) is 11.3 Å². The molecule has 1 aromatic heterocycles. The molecule has 0 aliphatic carbocycles. The van der Waals surface area contributed by atoms with Crippen molar-refractivity contribution in [3.63, 3.8) is 0 Å². The molecule has 0 spiro atoms. The Bertz CT molecular complexity index is 237. The van der Waals surface area contributed by atoms with Crippen molar-refractivity contribution in [2.45, 2.75) is 26.3 Å². The molecule has 1 heterocycles. The van der Waals surface area contributed by atoms with E-state index in [2.05, 4.69) is 10.3 Å². The van der Waals surface area contributed by atoms with Gasteiger partial charge in [-0.25, -0.2) is 4.98 Å². The number of aliphatic hydroxyl groups excluding tert-OH is 1. The molecule has 0 atom stereocenters. The maximum Gasteiger partial charge on any atom is 0.0897 e. The molecule has 2 N–H and O–H groups in total. The van der Waals surface area contributed by atoms with Crippen LogP contribution in [0.4, 0.5) is 0 Å². The largest absolute Gasteiger partial charge is 0.396 e. The summed E-state index contributed by atoms with van der Waals surface area (Å²) in [5, 5.41) is 13.0. The molecule has 1 aromatic rings. The minimum Gasteiger partial charge on any atom is -0.396 e. The monoisotopic (exact) mass is 200 g/mol. The average Bonchev–Trinajstić information content (AvgIpc) is 2.51. The Hall–Kier alpha value is -0.450. The Morgan fingerprint density at radius 3 is 3.00 bits per heavy atom. The number of aromatic nitrogens is 1. The Morgan fingerprint density at radius 1 is 1.54 bits per heavy atom. The third kappa shape index (κ3) is 4.36. The van der Waals surface area contributed by atoms with Crippen molar-refractivity contribution in [2.75, 3.05) is 13.2 Å². The van der Waals surface area contributed by atoms with Crippen molar-refractivity contribution in [3.05, 3.63) is 16.1 Å². The first-order chi connectivity index (χ1) is 6.33. The van der Waals surface area contributed by atoms with E-state index in [1.807, 2.05) is 13.1 Å². The number of rotatable bonds is 6. The van der Waals surface area contributed by atoms with Gasteiger partial charge in [-0.2, -0.15) is 0 Å². The first-order valence-corrected chi connectivity index (χ1v) is 5.37. The molecule has 4 heteroatoms. The number of aryl methyl sites for hydroxylation is 1. The molecular weight excluding hydrogens is 184 g/mol. The zero-order valence-corrected chi connectivity index (χ0v) is 8.73. The number of aliphatic hydroxyl groups is 1. The highest BCUT2D eigenvalue weighted by molar-refractivity contribution is 7.11. The van der Waals surface area contributed by atoms with Crippen LogP contribution in [0, 0.1) is 6.92 Å². The lowest BCUT2D eigenvalue weighted by Crippen LogP contribution is -2.14. The first-order valence-electron chi connectivity index (χ1n) is 4.56. The maximum absolute atomic E-state index is 8.55. The van der Waals surface area contributed by atoms with Crippen molar-refractivity contribution in [1.82, 2.24) is 10.3 Å². The molecule has 0 bridgehead atoms. The van der Waals surface area contributed by atoms with Crippen LogP contribution in [-0.2, 0) is 6.54 Å². The number of nitrogens with one attached hydrogen (secondary N) is 1. The smallest absolute Gasteiger partial charge is 0.0897 e. The number of hydrogen-bond donors (Lipinski definition) is 2. The molecule has 0 aliphatic heterocycles. The molecule has 74 valence electrons. The highest BCUT2D eigenvalue weighted by Crippen LogP contribution is 2.10. The summed E-state index contributed by atoms with van der Waals surface area (Å²) in [6, 6.07) is 0. The standard InChI is InChI=1S/C9H16N2OS/c1-8-11-7-9(13-8)6-10-4-2-3-5-12/h7,10,12H,2-6H2,1H3. The van der Waals surface area contributed by atoms with Crippen LogP contribution in [0.1, 0.15) is 22.7 Å². The highest BCUT2D eigenvalue weighted by Gasteiger charge is 1.96. The van der Waals surface area contributed by atoms with Crippen molar-refractivity contribution < 1.29 is 5.11 Å². The third-order valence-electron chi connectivity index (χ3n) is 1.73. The fraction of sp³-hybridized carbons (Fsp3) is 0.667. The molecule has 0 saturated carbocycles. The summed E-state index contributed by atoms with van der Waals surface area (Å²) in [6.07, 6.45) is 3.84. The third-order valence-corrected chi connectivity index (χ3v) is 2.64. The lowest BCUT2D eigenvalue weighted by molar-refractivity contribution is 0.283. The van der Waals surface area contributed by atoms with Gasteiger partial charge in [0.15, 0.2) is 0 Å². The van der Waals surface area contributed by atoms with Crippen LogP contribution < -0.4 is 5.32 Å². The van der Waals surface area contributed by atoms with E-state index in [1.54, 1.807) is 11.3 Å². The fourth-order valence-corrected chi connectivity index (χ4v) is 1.82. The van der Waals surface area contributed by atoms with Crippen molar-refractivity contribution in [3.8, 4) is 0 Å². The van der Waals surface area contributed by atoms with Gasteiger partial charge in [0.1, 0.15) is 0 Å². The van der Waals surface area contributed by atoms with E-state index in [4.69, 9.17) is 5.11 Å². The van der Waals surface area contributed by atoms with E-state index in [0.717, 1.165) is 30.9 Å². The van der Waals surface area contributed by atoms with Crippen molar-refractivity contribution >= 4 is 11.3 Å². The van der Waals surface area contributed by atoms with Gasteiger partial charge >= 0.3 is 0 Å². The zero-order valence-electron chi connectivity index (χ0n) is 7.92. The van der Waals surface area contributed by atoms with Gasteiger partial charge in [0.25, 0.3) is 0 Å². The summed E-state index contributed by atoms with van der Waals surface area (Å²) in [5.74, 6) is 0. The zero-order chi connectivity index (χ0) is 9.52. The van der Waals surface area contributed by atoms with E-state index in [0.29, 0.717) is 6.61 Å². The summed E-state index contributed by atoms with van der Waals surface area (Å²) in [4.78, 5) is 5.45. The molecule has 0 fully saturated rings. The van der Waals surface area contributed by atoms with Crippen LogP contribution in [0.2, 0.25) is 0 Å². The van der Waals surface area contributed by atoms with Crippen LogP contribution in [0.15, 0.2) is 6.20 Å². The minimum atomic E-state index is 0.293. The van der Waals surface area contributed by atoms with E-state index in [1.165, 1.54) is 4.88 Å². The topological polar surface area (TPSA) is 45.2 Å². The van der Waals surface area contributed by atoms with Gasteiger partial charge in [-0.05, 0) is 26.3 Å². The average molecular weight is 200 g/mol. The predicted octanol–water partition coefficient (Wildman–Crippen LogP) is 1.31. The molecule has 0 radical (unpaired) electrons. The predicted molar refractivity (Wildman–Crippen MR) is 54.9 cm³/mol. The maximum atomic E-state index is 8.55. The highest BCUT2D eigenvalue weighted by atomic mass is 32.1. The number of nitrogens with zero attached hydrogens (tertiary/aromatic N) is 1. The second kappa shape index (κ2) is 6.07. The van der Waals surface area contributed by atoms with E-state index >= 15 is 0 Å². The van der Waals surface area contributed by atoms with Gasteiger partial charge in [-0.3, -0.25) is 0 Å². The molecule has 0 aromatic carbocycles. The van der Waals surface area contributed by atoms with Gasteiger partial charge < -0.3 is 10.4 Å². The molecule has 1 rings (SSSR count). The Balaban J connectivity index is 2.06. The Labute approximate surface area is 82.8 Å². The number of hydrogen-bond acceptors (Lipinski definition) is 4. The quantitative estimate of drug-likeness (QED) is 0.681. The normalized spacial score (nSPS) is 10.6. The molecule has 3 nitrogen and oxygen atoms in total. The van der Waals surface area contributed by atoms with Gasteiger partial charge in [0.05, 0.1) is 5.01 Å². The van der Waals surface area contributed by atoms with Crippen LogP contribution in [0.5, 0.6) is 0 Å². The van der Waals surface area contributed by atoms with Gasteiger partial charge in [0.2, 0.25) is 0 Å². The van der Waals surface area contributed by atoms with Crippen LogP contribution in [0.25, 0.3) is 0 Å². The number of unbranched alkanes of at least 4 members (excludes halogenated alkanes) is 1. The van der Waals surface area contributed by atoms with E-state index in [9.17, 15) is 0 Å². The van der Waals surface area contributed by atoms with Crippen LogP contribution >= 0.6 is 11.3 Å². The Morgan fingerprint density at radius 2 is 2.38 bits per heavy atom. The second-order valence-electron chi connectivity index (χ2n) is 2.95. The molecule has 0 aliphatic rings. The number of thiazole rings is 1. The summed E-state index contributed by atoms with van der Waals surface area (Å²) >= 11 is 1.73. The molecule has 0 amide bonds. The summed E-state index contributed by atoms with van der Waals surface area (Å²) in [7, 11) is 0. The lowest BCUT2D eigenvalue weighted by atomic mass is 10.3. The SMILES string of the molecule is Cc1ncc(CNCCCCO)s1. The summed E-state index contributed by atoms with van der Waals surface area (Å²) < 4.78 is 0. The molecule has 13 heavy (non-hydrogen) atoms. The van der Waals surface area contributed by atoms with Crippen LogP contribution in [-0.4, -0.2) is 23.2 Å². The van der Waals surface area contributed by atoms with Crippen molar-refractivity contribution in [1.29, 1.82) is 0 Å².